The summed E-state index contributed by atoms with van der Waals surface area (Å²) in [6, 6.07) is 7.52. The maximum Gasteiger partial charge on any atom is 0.344 e. The second-order valence-corrected chi connectivity index (χ2v) is 7.27. The van der Waals surface area contributed by atoms with Crippen LogP contribution >= 0.6 is 0 Å². The topological polar surface area (TPSA) is 115 Å². The normalized spacial score (nSPS) is 16.0. The molecule has 0 spiro atoms. The Kier molecular flexibility index (Phi) is 4.60. The SMILES string of the molecule is CC1=NS(=O)(=O)N(C)C=C1C(=O)OCc1noc(-c2ccccc2C)n1. The van der Waals surface area contributed by atoms with Crippen molar-refractivity contribution in [2.45, 2.75) is 20.5 Å². The van der Waals surface area contributed by atoms with Crippen LogP contribution in [0, 0.1) is 6.92 Å². The fourth-order valence-corrected chi connectivity index (χ4v) is 3.08. The highest BCUT2D eigenvalue weighted by Gasteiger charge is 2.26. The molecule has 3 rings (SSSR count). The molecule has 1 aliphatic rings. The number of carbonyl (C=O) groups excluding carboxylic acids is 1. The second-order valence-electron chi connectivity index (χ2n) is 5.62. The van der Waals surface area contributed by atoms with Crippen molar-refractivity contribution in [3.05, 3.63) is 47.4 Å². The molecule has 0 saturated heterocycles. The summed E-state index contributed by atoms with van der Waals surface area (Å²) < 4.78 is 37.9. The predicted molar refractivity (Wildman–Crippen MR) is 92.1 cm³/mol. The van der Waals surface area contributed by atoms with Gasteiger partial charge in [-0.2, -0.15) is 13.4 Å². The van der Waals surface area contributed by atoms with Gasteiger partial charge in [-0.05, 0) is 25.5 Å². The Bertz CT molecular complexity index is 1020. The number of hydrogen-bond acceptors (Lipinski definition) is 7. The second kappa shape index (κ2) is 6.71. The van der Waals surface area contributed by atoms with Crippen LogP contribution in [0.15, 0.2) is 45.0 Å². The Labute approximate surface area is 150 Å². The smallest absolute Gasteiger partial charge is 0.344 e. The van der Waals surface area contributed by atoms with E-state index in [-0.39, 0.29) is 23.7 Å². The Morgan fingerprint density at radius 1 is 1.27 bits per heavy atom. The Morgan fingerprint density at radius 2 is 2.00 bits per heavy atom. The van der Waals surface area contributed by atoms with E-state index in [0.717, 1.165) is 21.6 Å². The van der Waals surface area contributed by atoms with Gasteiger partial charge >= 0.3 is 16.2 Å². The van der Waals surface area contributed by atoms with Crippen molar-refractivity contribution in [3.63, 3.8) is 0 Å². The number of esters is 1. The molecular weight excluding hydrogens is 360 g/mol. The summed E-state index contributed by atoms with van der Waals surface area (Å²) >= 11 is 0. The largest absolute Gasteiger partial charge is 0.454 e. The predicted octanol–water partition coefficient (Wildman–Crippen LogP) is 1.62. The lowest BCUT2D eigenvalue weighted by molar-refractivity contribution is -0.140. The molecule has 1 aromatic carbocycles. The number of rotatable bonds is 4. The van der Waals surface area contributed by atoms with Gasteiger partial charge in [0.05, 0.1) is 11.3 Å². The summed E-state index contributed by atoms with van der Waals surface area (Å²) in [6.07, 6.45) is 1.16. The number of ether oxygens (including phenoxy) is 1. The summed E-state index contributed by atoms with van der Waals surface area (Å²) in [4.78, 5) is 16.4. The zero-order chi connectivity index (χ0) is 18.9. The maximum atomic E-state index is 12.2. The van der Waals surface area contributed by atoms with Crippen molar-refractivity contribution in [2.24, 2.45) is 4.40 Å². The van der Waals surface area contributed by atoms with Gasteiger partial charge < -0.3 is 9.26 Å². The monoisotopic (exact) mass is 376 g/mol. The van der Waals surface area contributed by atoms with E-state index in [0.29, 0.717) is 5.89 Å². The molecule has 2 aromatic rings. The fraction of sp³-hybridized carbons (Fsp3) is 0.250. The Morgan fingerprint density at radius 3 is 2.73 bits per heavy atom. The highest BCUT2D eigenvalue weighted by atomic mass is 32.2. The van der Waals surface area contributed by atoms with Gasteiger partial charge in [-0.25, -0.2) is 4.79 Å². The lowest BCUT2D eigenvalue weighted by Crippen LogP contribution is -2.29. The third-order valence-corrected chi connectivity index (χ3v) is 5.05. The molecule has 10 heteroatoms. The molecule has 9 nitrogen and oxygen atoms in total. The molecule has 136 valence electrons. The van der Waals surface area contributed by atoms with E-state index in [1.165, 1.54) is 14.0 Å². The number of nitrogens with zero attached hydrogens (tertiary/aromatic N) is 4. The first kappa shape index (κ1) is 17.8. The van der Waals surface area contributed by atoms with Gasteiger partial charge in [-0.15, -0.1) is 4.40 Å². The van der Waals surface area contributed by atoms with Crippen molar-refractivity contribution in [3.8, 4) is 11.5 Å². The van der Waals surface area contributed by atoms with Gasteiger partial charge in [0.2, 0.25) is 5.82 Å². The molecule has 0 unspecified atom stereocenters. The minimum absolute atomic E-state index is 0.0462. The van der Waals surface area contributed by atoms with Crippen molar-refractivity contribution < 1.29 is 22.5 Å². The van der Waals surface area contributed by atoms with Gasteiger partial charge in [0.15, 0.2) is 6.61 Å². The maximum absolute atomic E-state index is 12.2. The Hall–Kier alpha value is -3.01. The van der Waals surface area contributed by atoms with Gasteiger partial charge in [-0.3, -0.25) is 4.31 Å². The lowest BCUT2D eigenvalue weighted by Gasteiger charge is -2.18. The molecule has 0 bridgehead atoms. The minimum Gasteiger partial charge on any atom is -0.454 e. The summed E-state index contributed by atoms with van der Waals surface area (Å²) in [5, 5.41) is 3.79. The third-order valence-electron chi connectivity index (χ3n) is 3.71. The van der Waals surface area contributed by atoms with Crippen LogP contribution in [-0.4, -0.2) is 41.6 Å². The average molecular weight is 376 g/mol. The van der Waals surface area contributed by atoms with E-state index >= 15 is 0 Å². The van der Waals surface area contributed by atoms with Crippen LogP contribution in [0.1, 0.15) is 18.3 Å². The van der Waals surface area contributed by atoms with E-state index in [9.17, 15) is 13.2 Å². The minimum atomic E-state index is -3.78. The standard InChI is InChI=1S/C16H16N4O5S/c1-10-6-4-5-7-12(10)15-17-14(18-25-15)9-24-16(21)13-8-20(3)26(22,23)19-11(13)2/h4-8H,9H2,1-3H3. The first-order valence-corrected chi connectivity index (χ1v) is 9.00. The first-order valence-electron chi connectivity index (χ1n) is 7.60. The molecule has 0 radical (unpaired) electrons. The number of hydrogen-bond donors (Lipinski definition) is 0. The molecule has 0 saturated carbocycles. The van der Waals surface area contributed by atoms with Crippen LogP contribution < -0.4 is 0 Å². The average Bonchev–Trinajstić information content (AvgIpc) is 3.05. The molecule has 0 amide bonds. The zero-order valence-electron chi connectivity index (χ0n) is 14.3. The third kappa shape index (κ3) is 3.49. The van der Waals surface area contributed by atoms with E-state index in [1.54, 1.807) is 0 Å². The quantitative estimate of drug-likeness (QED) is 0.745. The summed E-state index contributed by atoms with van der Waals surface area (Å²) in [5.41, 5.74) is 1.87. The first-order chi connectivity index (χ1) is 12.3. The summed E-state index contributed by atoms with van der Waals surface area (Å²) in [7, 11) is -2.49. The molecule has 0 fully saturated rings. The van der Waals surface area contributed by atoms with Gasteiger partial charge in [0, 0.05) is 18.8 Å². The molecule has 0 atom stereocenters. The van der Waals surface area contributed by atoms with Crippen LogP contribution in [0.4, 0.5) is 0 Å². The molecule has 1 aliphatic heterocycles. The van der Waals surface area contributed by atoms with Crippen LogP contribution in [0.2, 0.25) is 0 Å². The van der Waals surface area contributed by atoms with Gasteiger partial charge in [-0.1, -0.05) is 23.4 Å². The highest BCUT2D eigenvalue weighted by Crippen LogP contribution is 2.21. The van der Waals surface area contributed by atoms with Crippen LogP contribution in [-0.2, 0) is 26.3 Å². The number of carbonyl (C=O) groups is 1. The number of aryl methyl sites for hydroxylation is 1. The molecular formula is C16H16N4O5S. The number of aromatic nitrogens is 2. The lowest BCUT2D eigenvalue weighted by atomic mass is 10.1. The van der Waals surface area contributed by atoms with E-state index in [2.05, 4.69) is 14.5 Å². The van der Waals surface area contributed by atoms with Crippen LogP contribution in [0.25, 0.3) is 11.5 Å². The van der Waals surface area contributed by atoms with Crippen LogP contribution in [0.5, 0.6) is 0 Å². The van der Waals surface area contributed by atoms with E-state index in [4.69, 9.17) is 9.26 Å². The van der Waals surface area contributed by atoms with Gasteiger partial charge in [0.1, 0.15) is 0 Å². The number of benzene rings is 1. The van der Waals surface area contributed by atoms with Gasteiger partial charge in [0.25, 0.3) is 5.89 Å². The molecule has 0 aliphatic carbocycles. The highest BCUT2D eigenvalue weighted by molar-refractivity contribution is 7.88. The molecule has 0 N–H and O–H groups in total. The van der Waals surface area contributed by atoms with Crippen molar-refractivity contribution >= 4 is 21.9 Å². The summed E-state index contributed by atoms with van der Waals surface area (Å²) in [6.45, 7) is 3.12. The summed E-state index contributed by atoms with van der Waals surface area (Å²) in [5.74, 6) is -0.201. The Balaban J connectivity index is 1.70. The van der Waals surface area contributed by atoms with Crippen molar-refractivity contribution in [2.75, 3.05) is 7.05 Å². The van der Waals surface area contributed by atoms with Crippen molar-refractivity contribution in [1.29, 1.82) is 0 Å². The van der Waals surface area contributed by atoms with E-state index in [1.807, 2.05) is 31.2 Å². The fourth-order valence-electron chi connectivity index (χ4n) is 2.27. The zero-order valence-corrected chi connectivity index (χ0v) is 15.1. The molecule has 2 heterocycles. The molecule has 26 heavy (non-hydrogen) atoms. The van der Waals surface area contributed by atoms with Crippen molar-refractivity contribution in [1.82, 2.24) is 14.4 Å². The molecule has 1 aromatic heterocycles. The van der Waals surface area contributed by atoms with E-state index < -0.39 is 16.2 Å². The van der Waals surface area contributed by atoms with Crippen LogP contribution in [0.3, 0.4) is 0 Å².